The molecule has 2 fully saturated rings. The van der Waals surface area contributed by atoms with Crippen LogP contribution in [-0.2, 0) is 4.74 Å². The van der Waals surface area contributed by atoms with E-state index in [1.54, 1.807) is 23.1 Å². The van der Waals surface area contributed by atoms with Gasteiger partial charge in [-0.3, -0.25) is 9.69 Å². The molecule has 43 heavy (non-hydrogen) atoms. The number of nitrogen functional groups attached to an aromatic ring is 1. The molecular formula is C31H43Cl2FN4O5. The van der Waals surface area contributed by atoms with Crippen LogP contribution in [0.4, 0.5) is 14.9 Å². The highest BCUT2D eigenvalue weighted by Crippen LogP contribution is 2.29. The highest BCUT2D eigenvalue weighted by molar-refractivity contribution is 6.33. The number of amides is 2. The number of methoxy groups -OCH3 is 1. The highest BCUT2D eigenvalue weighted by Gasteiger charge is 2.30. The van der Waals surface area contributed by atoms with E-state index in [1.807, 2.05) is 0 Å². The van der Waals surface area contributed by atoms with Crippen molar-refractivity contribution in [1.29, 1.82) is 0 Å². The smallest absolute Gasteiger partial charge is 0.410 e. The van der Waals surface area contributed by atoms with Crippen molar-refractivity contribution >= 4 is 41.7 Å². The molecule has 0 bridgehead atoms. The number of halogens is 3. The van der Waals surface area contributed by atoms with Gasteiger partial charge in [-0.1, -0.05) is 25.4 Å². The first-order valence-corrected chi connectivity index (χ1v) is 15.0. The van der Waals surface area contributed by atoms with Gasteiger partial charge in [-0.05, 0) is 80.4 Å². The number of benzene rings is 2. The molecule has 3 N–H and O–H groups in total. The number of anilines is 1. The second-order valence-electron chi connectivity index (χ2n) is 11.6. The second kappa shape index (κ2) is 16.2. The monoisotopic (exact) mass is 640 g/mol. The molecule has 0 spiro atoms. The van der Waals surface area contributed by atoms with Crippen LogP contribution in [0.5, 0.6) is 11.5 Å². The highest BCUT2D eigenvalue weighted by atomic mass is 35.5. The van der Waals surface area contributed by atoms with Crippen molar-refractivity contribution in [2.45, 2.75) is 39.2 Å². The van der Waals surface area contributed by atoms with Crippen molar-refractivity contribution in [3.63, 3.8) is 0 Å². The van der Waals surface area contributed by atoms with E-state index in [9.17, 15) is 14.0 Å². The maximum Gasteiger partial charge on any atom is 0.410 e. The first-order valence-electron chi connectivity index (χ1n) is 14.6. The number of hydrogen-bond donors (Lipinski definition) is 2. The van der Waals surface area contributed by atoms with Gasteiger partial charge in [-0.2, -0.15) is 0 Å². The van der Waals surface area contributed by atoms with E-state index in [1.165, 1.54) is 25.3 Å². The molecule has 4 rings (SSSR count). The van der Waals surface area contributed by atoms with Gasteiger partial charge in [-0.25, -0.2) is 9.18 Å². The Hall–Kier alpha value is -2.95. The average Bonchev–Trinajstić information content (AvgIpc) is 2.96. The molecule has 12 heteroatoms. The molecule has 0 aliphatic carbocycles. The summed E-state index contributed by atoms with van der Waals surface area (Å²) in [7, 11) is 1.48. The number of carbonyl (C=O) groups excluding carboxylic acids is 2. The lowest BCUT2D eigenvalue weighted by Gasteiger charge is -2.37. The van der Waals surface area contributed by atoms with E-state index >= 15 is 0 Å². The summed E-state index contributed by atoms with van der Waals surface area (Å²) in [6.45, 7) is 8.46. The molecule has 2 aliphatic heterocycles. The number of hydrogen-bond acceptors (Lipinski definition) is 7. The summed E-state index contributed by atoms with van der Waals surface area (Å²) in [4.78, 5) is 30.0. The molecule has 2 amide bonds. The van der Waals surface area contributed by atoms with Crippen LogP contribution in [0.2, 0.25) is 5.02 Å². The van der Waals surface area contributed by atoms with Gasteiger partial charge in [0, 0.05) is 32.2 Å². The summed E-state index contributed by atoms with van der Waals surface area (Å²) >= 11 is 6.12. The number of piperidine rings is 2. The van der Waals surface area contributed by atoms with Crippen LogP contribution in [0.1, 0.15) is 43.5 Å². The molecule has 0 saturated carbocycles. The Morgan fingerprint density at radius 2 is 1.77 bits per heavy atom. The zero-order valence-electron chi connectivity index (χ0n) is 25.0. The van der Waals surface area contributed by atoms with E-state index in [-0.39, 0.29) is 36.8 Å². The lowest BCUT2D eigenvalue weighted by Crippen LogP contribution is -2.48. The second-order valence-corrected chi connectivity index (χ2v) is 12.1. The predicted octanol–water partition coefficient (Wildman–Crippen LogP) is 5.50. The minimum atomic E-state index is -0.492. The molecule has 2 aromatic rings. The average molecular weight is 642 g/mol. The van der Waals surface area contributed by atoms with Crippen molar-refractivity contribution < 1.29 is 28.2 Å². The summed E-state index contributed by atoms with van der Waals surface area (Å²) in [5.74, 6) is 1.44. The summed E-state index contributed by atoms with van der Waals surface area (Å²) in [5, 5.41) is 3.30. The number of ether oxygens (including phenoxy) is 3. The molecule has 9 nitrogen and oxygen atoms in total. The SMILES string of the molecule is COc1cc(N)c(Cl)cc1C(=O)NCC1CCN(CC(COc2ccc(F)cc2)OC(=O)N2CC(C)CC(C)C2)CC1.Cl. The van der Waals surface area contributed by atoms with Crippen molar-refractivity contribution in [1.82, 2.24) is 15.1 Å². The van der Waals surface area contributed by atoms with Gasteiger partial charge in [0.15, 0.2) is 6.10 Å². The predicted molar refractivity (Wildman–Crippen MR) is 168 cm³/mol. The first kappa shape index (κ1) is 34.5. The minimum Gasteiger partial charge on any atom is -0.496 e. The lowest BCUT2D eigenvalue weighted by molar-refractivity contribution is 0.00529. The van der Waals surface area contributed by atoms with Crippen LogP contribution < -0.4 is 20.5 Å². The fourth-order valence-electron chi connectivity index (χ4n) is 5.78. The normalized spacial score (nSPS) is 20.1. The fourth-order valence-corrected chi connectivity index (χ4v) is 5.95. The quantitative estimate of drug-likeness (QED) is 0.331. The van der Waals surface area contributed by atoms with Crippen LogP contribution in [-0.4, -0.2) is 80.9 Å². The zero-order valence-corrected chi connectivity index (χ0v) is 26.6. The number of rotatable bonds is 10. The van der Waals surface area contributed by atoms with Crippen molar-refractivity contribution in [3.8, 4) is 11.5 Å². The standard InChI is InChI=1S/C31H42ClFN4O5.ClH/c1-20-12-21(2)17-37(16-20)31(39)42-25(19-41-24-6-4-23(33)5-7-24)18-36-10-8-22(9-11-36)15-35-30(38)26-13-27(32)28(34)14-29(26)40-3;/h4-7,13-14,20-22,25H,8-12,15-19,34H2,1-3H3,(H,35,38);1H. The molecule has 2 aromatic carbocycles. The first-order chi connectivity index (χ1) is 20.1. The maximum absolute atomic E-state index is 13.3. The number of nitrogens with zero attached hydrogens (tertiary/aromatic N) is 2. The molecule has 0 aromatic heterocycles. The van der Waals surface area contributed by atoms with Gasteiger partial charge in [0.1, 0.15) is 23.9 Å². The van der Waals surface area contributed by atoms with E-state index in [4.69, 9.17) is 31.5 Å². The summed E-state index contributed by atoms with van der Waals surface area (Å²) in [6.07, 6.45) is 2.03. The van der Waals surface area contributed by atoms with Gasteiger partial charge in [0.25, 0.3) is 5.91 Å². The topological polar surface area (TPSA) is 106 Å². The fraction of sp³-hybridized carbons (Fsp3) is 0.548. The zero-order chi connectivity index (χ0) is 30.2. The Labute approximate surface area is 264 Å². The van der Waals surface area contributed by atoms with Gasteiger partial charge < -0.3 is 30.2 Å². The van der Waals surface area contributed by atoms with Crippen molar-refractivity contribution in [2.24, 2.45) is 17.8 Å². The third-order valence-corrected chi connectivity index (χ3v) is 8.26. The van der Waals surface area contributed by atoms with Gasteiger partial charge >= 0.3 is 6.09 Å². The van der Waals surface area contributed by atoms with Crippen LogP contribution in [0.3, 0.4) is 0 Å². The Morgan fingerprint density at radius 3 is 2.40 bits per heavy atom. The largest absolute Gasteiger partial charge is 0.496 e. The van der Waals surface area contributed by atoms with Gasteiger partial charge in [0.2, 0.25) is 0 Å². The maximum atomic E-state index is 13.3. The Balaban J connectivity index is 0.00000506. The molecule has 238 valence electrons. The molecule has 2 saturated heterocycles. The summed E-state index contributed by atoms with van der Waals surface area (Å²) < 4.78 is 30.5. The minimum absolute atomic E-state index is 0. The van der Waals surface area contributed by atoms with Crippen LogP contribution in [0, 0.1) is 23.6 Å². The van der Waals surface area contributed by atoms with E-state index < -0.39 is 6.10 Å². The van der Waals surface area contributed by atoms with E-state index in [0.717, 1.165) is 32.4 Å². The van der Waals surface area contributed by atoms with E-state index in [2.05, 4.69) is 24.1 Å². The molecule has 0 radical (unpaired) electrons. The Morgan fingerprint density at radius 1 is 1.12 bits per heavy atom. The Kier molecular flexibility index (Phi) is 13.0. The third-order valence-electron chi connectivity index (χ3n) is 7.93. The van der Waals surface area contributed by atoms with Crippen LogP contribution in [0.15, 0.2) is 36.4 Å². The number of nitrogens with two attached hydrogens (primary N) is 1. The van der Waals surface area contributed by atoms with Crippen LogP contribution >= 0.6 is 24.0 Å². The number of carbonyl (C=O) groups is 2. The molecule has 2 heterocycles. The third kappa shape index (κ3) is 10.0. The van der Waals surface area contributed by atoms with Crippen LogP contribution in [0.25, 0.3) is 0 Å². The molecule has 3 atom stereocenters. The molecule has 3 unspecified atom stereocenters. The molecule has 2 aliphatic rings. The van der Waals surface area contributed by atoms with Crippen molar-refractivity contribution in [2.75, 3.05) is 58.7 Å². The Bertz CT molecular complexity index is 1200. The molecular weight excluding hydrogens is 598 g/mol. The lowest BCUT2D eigenvalue weighted by atomic mass is 9.92. The van der Waals surface area contributed by atoms with Gasteiger partial charge in [0.05, 0.1) is 23.4 Å². The van der Waals surface area contributed by atoms with Crippen molar-refractivity contribution in [3.05, 3.63) is 52.8 Å². The number of nitrogens with one attached hydrogen (secondary N) is 1. The summed E-state index contributed by atoms with van der Waals surface area (Å²) in [5.41, 5.74) is 6.53. The van der Waals surface area contributed by atoms with E-state index in [0.29, 0.717) is 71.7 Å². The summed E-state index contributed by atoms with van der Waals surface area (Å²) in [6, 6.07) is 8.88. The van der Waals surface area contributed by atoms with Gasteiger partial charge in [-0.15, -0.1) is 12.4 Å². The number of likely N-dealkylation sites (tertiary alicyclic amines) is 2.